The van der Waals surface area contributed by atoms with E-state index in [9.17, 15) is 17.6 Å². The maximum atomic E-state index is 13.4. The molecule has 0 unspecified atom stereocenters. The van der Waals surface area contributed by atoms with E-state index in [4.69, 9.17) is 11.6 Å². The summed E-state index contributed by atoms with van der Waals surface area (Å²) in [6, 6.07) is 5.23. The molecule has 0 atom stereocenters. The minimum Gasteiger partial charge on any atom is -0.377 e. The van der Waals surface area contributed by atoms with Crippen LogP contribution >= 0.6 is 11.6 Å². The van der Waals surface area contributed by atoms with Gasteiger partial charge in [-0.15, -0.1) is 0 Å². The number of halogens is 5. The topological polar surface area (TPSA) is 12.0 Å². The van der Waals surface area contributed by atoms with Gasteiger partial charge in [-0.05, 0) is 12.1 Å². The van der Waals surface area contributed by atoms with E-state index in [1.807, 2.05) is 0 Å². The molecule has 2 aromatic rings. The summed E-state index contributed by atoms with van der Waals surface area (Å²) < 4.78 is 52.6. The lowest BCUT2D eigenvalue weighted by atomic mass is 10.2. The van der Waals surface area contributed by atoms with E-state index in [1.165, 1.54) is 12.1 Å². The number of hydrogen-bond acceptors (Lipinski definition) is 1. The lowest BCUT2D eigenvalue weighted by molar-refractivity contribution is 0.500. The van der Waals surface area contributed by atoms with E-state index in [2.05, 4.69) is 5.32 Å². The number of anilines is 1. The highest BCUT2D eigenvalue weighted by molar-refractivity contribution is 6.33. The first-order valence-corrected chi connectivity index (χ1v) is 5.68. The van der Waals surface area contributed by atoms with Crippen molar-refractivity contribution >= 4 is 17.3 Å². The van der Waals surface area contributed by atoms with Gasteiger partial charge in [-0.25, -0.2) is 17.6 Å². The highest BCUT2D eigenvalue weighted by Gasteiger charge is 2.12. The van der Waals surface area contributed by atoms with Crippen LogP contribution in [0.3, 0.4) is 0 Å². The minimum atomic E-state index is -1.02. The van der Waals surface area contributed by atoms with Crippen LogP contribution in [-0.2, 0) is 6.54 Å². The van der Waals surface area contributed by atoms with Gasteiger partial charge in [0.1, 0.15) is 5.82 Å². The average Bonchev–Trinajstić information content (AvgIpc) is 2.33. The fourth-order valence-electron chi connectivity index (χ4n) is 1.58. The Morgan fingerprint density at radius 1 is 1.00 bits per heavy atom. The Balaban J connectivity index is 2.22. The van der Waals surface area contributed by atoms with Crippen molar-refractivity contribution in [1.82, 2.24) is 0 Å². The second kappa shape index (κ2) is 5.48. The molecule has 0 aliphatic heterocycles. The van der Waals surface area contributed by atoms with E-state index in [1.54, 1.807) is 0 Å². The molecule has 0 bridgehead atoms. The third-order valence-corrected chi connectivity index (χ3v) is 2.79. The van der Waals surface area contributed by atoms with E-state index in [0.29, 0.717) is 6.07 Å². The number of nitrogens with one attached hydrogen (secondary N) is 1. The Labute approximate surface area is 111 Å². The Bertz CT molecular complexity index is 593. The van der Waals surface area contributed by atoms with E-state index < -0.39 is 23.3 Å². The van der Waals surface area contributed by atoms with Crippen molar-refractivity contribution in [2.75, 3.05) is 5.32 Å². The summed E-state index contributed by atoms with van der Waals surface area (Å²) in [5.74, 6) is -3.73. The Morgan fingerprint density at radius 3 is 2.42 bits per heavy atom. The Hall–Kier alpha value is -1.75. The molecule has 0 radical (unpaired) electrons. The summed E-state index contributed by atoms with van der Waals surface area (Å²) in [7, 11) is 0. The molecule has 2 rings (SSSR count). The van der Waals surface area contributed by atoms with E-state index in [-0.39, 0.29) is 22.8 Å². The lowest BCUT2D eigenvalue weighted by Gasteiger charge is -2.10. The number of rotatable bonds is 3. The normalized spacial score (nSPS) is 10.6. The first kappa shape index (κ1) is 13.7. The predicted molar refractivity (Wildman–Crippen MR) is 65.1 cm³/mol. The molecular formula is C13H8ClF4N. The van der Waals surface area contributed by atoms with Gasteiger partial charge in [0.25, 0.3) is 0 Å². The van der Waals surface area contributed by atoms with Gasteiger partial charge in [-0.3, -0.25) is 0 Å². The summed E-state index contributed by atoms with van der Waals surface area (Å²) >= 11 is 5.66. The van der Waals surface area contributed by atoms with Crippen molar-refractivity contribution in [3.63, 3.8) is 0 Å². The van der Waals surface area contributed by atoms with Gasteiger partial charge in [0.2, 0.25) is 0 Å². The molecular weight excluding hydrogens is 282 g/mol. The first-order valence-electron chi connectivity index (χ1n) is 5.30. The highest BCUT2D eigenvalue weighted by atomic mass is 35.5. The fourth-order valence-corrected chi connectivity index (χ4v) is 1.84. The zero-order valence-electron chi connectivity index (χ0n) is 9.48. The van der Waals surface area contributed by atoms with Gasteiger partial charge in [-0.1, -0.05) is 23.7 Å². The molecule has 0 fully saturated rings. The molecule has 1 nitrogen and oxygen atoms in total. The minimum absolute atomic E-state index is 0.0137. The van der Waals surface area contributed by atoms with Crippen LogP contribution in [0.25, 0.3) is 0 Å². The summed E-state index contributed by atoms with van der Waals surface area (Å²) in [6.45, 7) is -0.175. The molecule has 0 heterocycles. The van der Waals surface area contributed by atoms with Crippen molar-refractivity contribution in [2.45, 2.75) is 6.54 Å². The van der Waals surface area contributed by atoms with Gasteiger partial charge < -0.3 is 5.32 Å². The predicted octanol–water partition coefficient (Wildman–Crippen LogP) is 4.51. The molecule has 0 amide bonds. The third-order valence-electron chi connectivity index (χ3n) is 2.49. The van der Waals surface area contributed by atoms with Crippen molar-refractivity contribution in [2.24, 2.45) is 0 Å². The van der Waals surface area contributed by atoms with Crippen LogP contribution in [0.5, 0.6) is 0 Å². The molecule has 0 aliphatic carbocycles. The maximum absolute atomic E-state index is 13.4. The summed E-state index contributed by atoms with van der Waals surface area (Å²) in [5.41, 5.74) is -0.147. The van der Waals surface area contributed by atoms with Crippen molar-refractivity contribution in [1.29, 1.82) is 0 Å². The lowest BCUT2D eigenvalue weighted by Crippen LogP contribution is -2.05. The monoisotopic (exact) mass is 289 g/mol. The van der Waals surface area contributed by atoms with Gasteiger partial charge in [0.05, 0.1) is 10.7 Å². The van der Waals surface area contributed by atoms with Crippen LogP contribution in [0.4, 0.5) is 23.2 Å². The smallest absolute Gasteiger partial charge is 0.163 e. The molecule has 2 aromatic carbocycles. The molecule has 0 spiro atoms. The summed E-state index contributed by atoms with van der Waals surface area (Å²) in [6.07, 6.45) is 0. The number of hydrogen-bond donors (Lipinski definition) is 1. The maximum Gasteiger partial charge on any atom is 0.163 e. The Morgan fingerprint density at radius 2 is 1.74 bits per heavy atom. The summed E-state index contributed by atoms with van der Waals surface area (Å²) in [5, 5.41) is 2.34. The molecule has 100 valence electrons. The van der Waals surface area contributed by atoms with E-state index in [0.717, 1.165) is 12.1 Å². The zero-order chi connectivity index (χ0) is 14.0. The molecule has 0 aliphatic rings. The van der Waals surface area contributed by atoms with Crippen molar-refractivity contribution in [3.05, 3.63) is 64.2 Å². The number of benzene rings is 2. The molecule has 1 N–H and O–H groups in total. The second-order valence-corrected chi connectivity index (χ2v) is 4.22. The Kier molecular flexibility index (Phi) is 3.95. The average molecular weight is 290 g/mol. The van der Waals surface area contributed by atoms with Gasteiger partial charge in [0.15, 0.2) is 17.5 Å². The van der Waals surface area contributed by atoms with E-state index >= 15 is 0 Å². The van der Waals surface area contributed by atoms with Gasteiger partial charge >= 0.3 is 0 Å². The van der Waals surface area contributed by atoms with Crippen LogP contribution in [0.1, 0.15) is 5.56 Å². The molecule has 0 aromatic heterocycles. The molecule has 0 saturated carbocycles. The van der Waals surface area contributed by atoms with Crippen LogP contribution in [-0.4, -0.2) is 0 Å². The third kappa shape index (κ3) is 2.98. The van der Waals surface area contributed by atoms with Crippen LogP contribution < -0.4 is 5.32 Å². The quantitative estimate of drug-likeness (QED) is 0.820. The second-order valence-electron chi connectivity index (χ2n) is 3.81. The van der Waals surface area contributed by atoms with Gasteiger partial charge in [0, 0.05) is 18.2 Å². The van der Waals surface area contributed by atoms with Crippen LogP contribution in [0.2, 0.25) is 5.02 Å². The first-order chi connectivity index (χ1) is 8.99. The van der Waals surface area contributed by atoms with Crippen molar-refractivity contribution < 1.29 is 17.6 Å². The van der Waals surface area contributed by atoms with Crippen LogP contribution in [0.15, 0.2) is 30.3 Å². The van der Waals surface area contributed by atoms with Gasteiger partial charge in [-0.2, -0.15) is 0 Å². The summed E-state index contributed by atoms with van der Waals surface area (Å²) in [4.78, 5) is 0. The zero-order valence-corrected chi connectivity index (χ0v) is 10.2. The molecule has 6 heteroatoms. The molecule has 0 saturated heterocycles. The molecule has 19 heavy (non-hydrogen) atoms. The van der Waals surface area contributed by atoms with Crippen LogP contribution in [0, 0.1) is 23.3 Å². The van der Waals surface area contributed by atoms with Crippen molar-refractivity contribution in [3.8, 4) is 0 Å². The highest BCUT2D eigenvalue weighted by Crippen LogP contribution is 2.27. The standard InChI is InChI=1S/C13H8ClF4N/c14-9-4-8(15)5-11(17)13(9)19-6-7-2-1-3-10(16)12(7)18/h1-5,19H,6H2. The SMILES string of the molecule is Fc1cc(F)c(NCc2cccc(F)c2F)c(Cl)c1. The largest absolute Gasteiger partial charge is 0.377 e. The fraction of sp³-hybridized carbons (Fsp3) is 0.0769.